The predicted octanol–water partition coefficient (Wildman–Crippen LogP) is 4.18. The smallest absolute Gasteiger partial charge is 0.264 e. The molecule has 3 nitrogen and oxygen atoms in total. The normalized spacial score (nSPS) is 11.4. The Morgan fingerprint density at radius 1 is 1.20 bits per heavy atom. The van der Waals surface area contributed by atoms with E-state index in [1.54, 1.807) is 6.07 Å². The van der Waals surface area contributed by atoms with Crippen LogP contribution >= 0.6 is 0 Å². The van der Waals surface area contributed by atoms with E-state index in [4.69, 9.17) is 0 Å². The van der Waals surface area contributed by atoms with Gasteiger partial charge >= 0.3 is 0 Å². The Balaban J connectivity index is 0.000000956. The lowest BCUT2D eigenvalue weighted by Crippen LogP contribution is -2.22. The number of H-pyrrole nitrogens is 1. The molecule has 0 aliphatic carbocycles. The minimum Gasteiger partial charge on any atom is -0.310 e. The second-order valence-electron chi connectivity index (χ2n) is 5.21. The van der Waals surface area contributed by atoms with Crippen LogP contribution in [0, 0.1) is 0 Å². The van der Waals surface area contributed by atoms with Gasteiger partial charge in [0.05, 0.1) is 10.9 Å². The van der Waals surface area contributed by atoms with Gasteiger partial charge in [-0.05, 0) is 6.07 Å². The SMILES string of the molecule is CC.CC(C)(C)c1nc2cccc(C(F)F)c2c(=O)[nH]1. The molecule has 2 aromatic rings. The van der Waals surface area contributed by atoms with E-state index in [-0.39, 0.29) is 16.4 Å². The van der Waals surface area contributed by atoms with E-state index in [1.807, 2.05) is 34.6 Å². The van der Waals surface area contributed by atoms with Crippen molar-refractivity contribution >= 4 is 10.9 Å². The van der Waals surface area contributed by atoms with Gasteiger partial charge in [0, 0.05) is 11.0 Å². The Kier molecular flexibility index (Phi) is 4.98. The molecule has 0 saturated carbocycles. The summed E-state index contributed by atoms with van der Waals surface area (Å²) in [5.41, 5.74) is -0.822. The van der Waals surface area contributed by atoms with Gasteiger partial charge < -0.3 is 4.98 Å². The first kappa shape index (κ1) is 16.3. The third-order valence-corrected chi connectivity index (χ3v) is 2.71. The lowest BCUT2D eigenvalue weighted by atomic mass is 9.95. The number of rotatable bonds is 1. The fourth-order valence-corrected chi connectivity index (χ4v) is 1.75. The number of fused-ring (bicyclic) bond motifs is 1. The molecule has 0 unspecified atom stereocenters. The van der Waals surface area contributed by atoms with E-state index in [9.17, 15) is 13.6 Å². The van der Waals surface area contributed by atoms with Gasteiger partial charge in [-0.1, -0.05) is 46.8 Å². The standard InChI is InChI=1S/C13H14F2N2O.C2H6/c1-13(2,3)12-16-8-6-4-5-7(10(14)15)9(8)11(18)17-12;1-2/h4-6,10H,1-3H3,(H,16,17,18);1-2H3. The summed E-state index contributed by atoms with van der Waals surface area (Å²) < 4.78 is 25.7. The number of aromatic nitrogens is 2. The van der Waals surface area contributed by atoms with Gasteiger partial charge in [0.25, 0.3) is 12.0 Å². The molecule has 0 fully saturated rings. The topological polar surface area (TPSA) is 45.8 Å². The first-order valence-corrected chi connectivity index (χ1v) is 6.62. The third-order valence-electron chi connectivity index (χ3n) is 2.71. The molecule has 0 bridgehead atoms. The van der Waals surface area contributed by atoms with Gasteiger partial charge in [-0.3, -0.25) is 4.79 Å². The highest BCUT2D eigenvalue weighted by molar-refractivity contribution is 5.81. The van der Waals surface area contributed by atoms with Crippen LogP contribution in [0.5, 0.6) is 0 Å². The lowest BCUT2D eigenvalue weighted by molar-refractivity contribution is 0.153. The zero-order valence-electron chi connectivity index (χ0n) is 12.4. The Labute approximate surface area is 117 Å². The van der Waals surface area contributed by atoms with Gasteiger partial charge in [-0.15, -0.1) is 0 Å². The first-order valence-electron chi connectivity index (χ1n) is 6.62. The fourth-order valence-electron chi connectivity index (χ4n) is 1.75. The molecular formula is C15H20F2N2O. The van der Waals surface area contributed by atoms with Crippen LogP contribution in [-0.4, -0.2) is 9.97 Å². The Hall–Kier alpha value is -1.78. The molecule has 1 aromatic heterocycles. The number of nitrogens with zero attached hydrogens (tertiary/aromatic N) is 1. The zero-order valence-corrected chi connectivity index (χ0v) is 12.4. The summed E-state index contributed by atoms with van der Waals surface area (Å²) in [6.07, 6.45) is -2.68. The lowest BCUT2D eigenvalue weighted by Gasteiger charge is -2.17. The van der Waals surface area contributed by atoms with Gasteiger partial charge in [0.15, 0.2) is 0 Å². The van der Waals surface area contributed by atoms with Crippen LogP contribution in [0.2, 0.25) is 0 Å². The number of hydrogen-bond donors (Lipinski definition) is 1. The maximum atomic E-state index is 12.8. The summed E-state index contributed by atoms with van der Waals surface area (Å²) in [6.45, 7) is 9.69. The minimum atomic E-state index is -2.68. The summed E-state index contributed by atoms with van der Waals surface area (Å²) in [7, 11) is 0. The number of hydrogen-bond acceptors (Lipinski definition) is 2. The highest BCUT2D eigenvalue weighted by Gasteiger charge is 2.20. The highest BCUT2D eigenvalue weighted by Crippen LogP contribution is 2.25. The van der Waals surface area contributed by atoms with Crippen molar-refractivity contribution in [1.82, 2.24) is 9.97 Å². The van der Waals surface area contributed by atoms with Crippen LogP contribution in [-0.2, 0) is 5.41 Å². The van der Waals surface area contributed by atoms with Crippen molar-refractivity contribution in [1.29, 1.82) is 0 Å². The number of nitrogens with one attached hydrogen (secondary N) is 1. The maximum Gasteiger partial charge on any atom is 0.264 e. The van der Waals surface area contributed by atoms with Crippen LogP contribution in [0.15, 0.2) is 23.0 Å². The molecule has 1 heterocycles. The summed E-state index contributed by atoms with van der Waals surface area (Å²) in [5, 5.41) is -0.0273. The number of benzene rings is 1. The van der Waals surface area contributed by atoms with Crippen LogP contribution in [0.1, 0.15) is 52.4 Å². The summed E-state index contributed by atoms with van der Waals surface area (Å²) in [6, 6.07) is 4.31. The van der Waals surface area contributed by atoms with Crippen molar-refractivity contribution in [3.63, 3.8) is 0 Å². The van der Waals surface area contributed by atoms with E-state index in [2.05, 4.69) is 9.97 Å². The molecule has 110 valence electrons. The van der Waals surface area contributed by atoms with E-state index >= 15 is 0 Å². The Bertz CT molecular complexity index is 642. The number of aromatic amines is 1. The number of alkyl halides is 2. The molecule has 0 radical (unpaired) electrons. The van der Waals surface area contributed by atoms with E-state index in [1.165, 1.54) is 12.1 Å². The van der Waals surface area contributed by atoms with Crippen molar-refractivity contribution in [2.75, 3.05) is 0 Å². The molecule has 5 heteroatoms. The van der Waals surface area contributed by atoms with Crippen LogP contribution < -0.4 is 5.56 Å². The van der Waals surface area contributed by atoms with Crippen molar-refractivity contribution in [3.8, 4) is 0 Å². The van der Waals surface area contributed by atoms with Crippen molar-refractivity contribution in [2.24, 2.45) is 0 Å². The quantitative estimate of drug-likeness (QED) is 0.852. The molecule has 0 aliphatic heterocycles. The van der Waals surface area contributed by atoms with Gasteiger partial charge in [-0.25, -0.2) is 13.8 Å². The molecule has 1 N–H and O–H groups in total. The molecule has 0 atom stereocenters. The van der Waals surface area contributed by atoms with Gasteiger partial charge in [-0.2, -0.15) is 0 Å². The molecule has 0 aliphatic rings. The predicted molar refractivity (Wildman–Crippen MR) is 77.4 cm³/mol. The summed E-state index contributed by atoms with van der Waals surface area (Å²) in [4.78, 5) is 18.8. The highest BCUT2D eigenvalue weighted by atomic mass is 19.3. The second-order valence-corrected chi connectivity index (χ2v) is 5.21. The van der Waals surface area contributed by atoms with Crippen LogP contribution in [0.3, 0.4) is 0 Å². The molecule has 0 spiro atoms. The third kappa shape index (κ3) is 3.21. The Morgan fingerprint density at radius 3 is 2.30 bits per heavy atom. The zero-order chi connectivity index (χ0) is 15.5. The monoisotopic (exact) mass is 282 g/mol. The molecule has 1 aromatic carbocycles. The summed E-state index contributed by atoms with van der Waals surface area (Å²) >= 11 is 0. The minimum absolute atomic E-state index is 0.0273. The first-order chi connectivity index (χ1) is 9.30. The van der Waals surface area contributed by atoms with Gasteiger partial charge in [0.2, 0.25) is 0 Å². The van der Waals surface area contributed by atoms with Gasteiger partial charge in [0.1, 0.15) is 5.82 Å². The number of halogens is 2. The van der Waals surface area contributed by atoms with Crippen molar-refractivity contribution in [2.45, 2.75) is 46.5 Å². The molecule has 0 saturated heterocycles. The average molecular weight is 282 g/mol. The van der Waals surface area contributed by atoms with E-state index in [0.717, 1.165) is 0 Å². The van der Waals surface area contributed by atoms with Crippen molar-refractivity contribution < 1.29 is 8.78 Å². The Morgan fingerprint density at radius 2 is 1.80 bits per heavy atom. The molecule has 0 amide bonds. The molecule has 20 heavy (non-hydrogen) atoms. The maximum absolute atomic E-state index is 12.8. The van der Waals surface area contributed by atoms with E-state index in [0.29, 0.717) is 11.3 Å². The second kappa shape index (κ2) is 6.11. The molecule has 2 rings (SSSR count). The van der Waals surface area contributed by atoms with E-state index < -0.39 is 12.0 Å². The largest absolute Gasteiger partial charge is 0.310 e. The molecular weight excluding hydrogens is 262 g/mol. The summed E-state index contributed by atoms with van der Waals surface area (Å²) in [5.74, 6) is 0.492. The van der Waals surface area contributed by atoms with Crippen molar-refractivity contribution in [3.05, 3.63) is 39.9 Å². The van der Waals surface area contributed by atoms with Crippen LogP contribution in [0.25, 0.3) is 10.9 Å². The fraction of sp³-hybridized carbons (Fsp3) is 0.467. The average Bonchev–Trinajstić information content (AvgIpc) is 2.39. The van der Waals surface area contributed by atoms with Crippen LogP contribution in [0.4, 0.5) is 8.78 Å².